The van der Waals surface area contributed by atoms with Gasteiger partial charge in [-0.25, -0.2) is 4.98 Å². The van der Waals surface area contributed by atoms with Gasteiger partial charge in [0.2, 0.25) is 0 Å². The molecule has 1 fully saturated rings. The van der Waals surface area contributed by atoms with E-state index in [4.69, 9.17) is 28.3 Å². The SMILES string of the molecule is OC1CC(CNc2ncc(Cl)cc2Cl)C1. The summed E-state index contributed by atoms with van der Waals surface area (Å²) in [4.78, 5) is 4.09. The van der Waals surface area contributed by atoms with Gasteiger partial charge < -0.3 is 10.4 Å². The van der Waals surface area contributed by atoms with E-state index < -0.39 is 0 Å². The Morgan fingerprint density at radius 2 is 2.20 bits per heavy atom. The molecule has 1 aliphatic rings. The molecule has 2 rings (SSSR count). The van der Waals surface area contributed by atoms with E-state index in [2.05, 4.69) is 10.3 Å². The smallest absolute Gasteiger partial charge is 0.144 e. The summed E-state index contributed by atoms with van der Waals surface area (Å²) in [5.74, 6) is 1.18. The van der Waals surface area contributed by atoms with Crippen LogP contribution in [0.3, 0.4) is 0 Å². The molecule has 0 aromatic carbocycles. The van der Waals surface area contributed by atoms with Crippen molar-refractivity contribution >= 4 is 29.0 Å². The molecule has 82 valence electrons. The molecule has 0 radical (unpaired) electrons. The van der Waals surface area contributed by atoms with Crippen molar-refractivity contribution in [3.05, 3.63) is 22.3 Å². The normalized spacial score (nSPS) is 24.7. The van der Waals surface area contributed by atoms with Crippen LogP contribution >= 0.6 is 23.2 Å². The van der Waals surface area contributed by atoms with Gasteiger partial charge in [-0.2, -0.15) is 0 Å². The van der Waals surface area contributed by atoms with Crippen LogP contribution < -0.4 is 5.32 Å². The molecule has 5 heteroatoms. The topological polar surface area (TPSA) is 45.1 Å². The lowest BCUT2D eigenvalue weighted by molar-refractivity contribution is 0.0486. The van der Waals surface area contributed by atoms with Crippen molar-refractivity contribution in [2.45, 2.75) is 18.9 Å². The van der Waals surface area contributed by atoms with E-state index >= 15 is 0 Å². The van der Waals surface area contributed by atoms with E-state index in [1.165, 1.54) is 0 Å². The first kappa shape index (κ1) is 11.0. The standard InChI is InChI=1S/C10H12Cl2N2O/c11-7-3-9(12)10(14-5-7)13-4-6-1-8(15)2-6/h3,5-6,8,15H,1-2,4H2,(H,13,14). The number of hydrogen-bond donors (Lipinski definition) is 2. The summed E-state index contributed by atoms with van der Waals surface area (Å²) < 4.78 is 0. The zero-order valence-corrected chi connectivity index (χ0v) is 9.59. The van der Waals surface area contributed by atoms with Crippen molar-refractivity contribution in [1.82, 2.24) is 4.98 Å². The molecule has 0 spiro atoms. The van der Waals surface area contributed by atoms with Crippen LogP contribution in [-0.4, -0.2) is 22.7 Å². The summed E-state index contributed by atoms with van der Waals surface area (Å²) in [6.07, 6.45) is 3.16. The highest BCUT2D eigenvalue weighted by atomic mass is 35.5. The quantitative estimate of drug-likeness (QED) is 0.862. The summed E-state index contributed by atoms with van der Waals surface area (Å²) in [7, 11) is 0. The average molecular weight is 247 g/mol. The van der Waals surface area contributed by atoms with Crippen molar-refractivity contribution in [3.8, 4) is 0 Å². The average Bonchev–Trinajstić information content (AvgIpc) is 2.13. The molecule has 1 aromatic heterocycles. The fourth-order valence-electron chi connectivity index (χ4n) is 1.65. The fourth-order valence-corrected chi connectivity index (χ4v) is 2.10. The lowest BCUT2D eigenvalue weighted by atomic mass is 9.82. The van der Waals surface area contributed by atoms with E-state index in [9.17, 15) is 0 Å². The highest BCUT2D eigenvalue weighted by molar-refractivity contribution is 6.35. The van der Waals surface area contributed by atoms with Crippen molar-refractivity contribution in [3.63, 3.8) is 0 Å². The molecule has 1 saturated carbocycles. The second-order valence-corrected chi connectivity index (χ2v) is 4.70. The fraction of sp³-hybridized carbons (Fsp3) is 0.500. The van der Waals surface area contributed by atoms with Gasteiger partial charge in [0.15, 0.2) is 0 Å². The molecule has 15 heavy (non-hydrogen) atoms. The summed E-state index contributed by atoms with van der Waals surface area (Å²) >= 11 is 11.7. The Morgan fingerprint density at radius 1 is 1.47 bits per heavy atom. The third-order valence-electron chi connectivity index (χ3n) is 2.58. The number of hydrogen-bond acceptors (Lipinski definition) is 3. The molecule has 1 aromatic rings. The maximum absolute atomic E-state index is 9.12. The van der Waals surface area contributed by atoms with E-state index in [-0.39, 0.29) is 6.10 Å². The third-order valence-corrected chi connectivity index (χ3v) is 3.07. The molecule has 0 bridgehead atoms. The van der Waals surface area contributed by atoms with Gasteiger partial charge in [0.1, 0.15) is 5.82 Å². The predicted molar refractivity (Wildman–Crippen MR) is 61.5 cm³/mol. The number of rotatable bonds is 3. The summed E-state index contributed by atoms with van der Waals surface area (Å²) in [5, 5.41) is 13.3. The van der Waals surface area contributed by atoms with Crippen LogP contribution in [-0.2, 0) is 0 Å². The largest absolute Gasteiger partial charge is 0.393 e. The first-order chi connectivity index (χ1) is 7.15. The van der Waals surface area contributed by atoms with Crippen molar-refractivity contribution < 1.29 is 5.11 Å². The highest BCUT2D eigenvalue weighted by Gasteiger charge is 2.26. The Hall–Kier alpha value is -0.510. The van der Waals surface area contributed by atoms with Crippen molar-refractivity contribution in [1.29, 1.82) is 0 Å². The van der Waals surface area contributed by atoms with Gasteiger partial charge in [-0.15, -0.1) is 0 Å². The Kier molecular flexibility index (Phi) is 3.34. The molecule has 0 aliphatic heterocycles. The number of halogens is 2. The van der Waals surface area contributed by atoms with Crippen LogP contribution in [0.15, 0.2) is 12.3 Å². The van der Waals surface area contributed by atoms with Crippen molar-refractivity contribution in [2.75, 3.05) is 11.9 Å². The second-order valence-electron chi connectivity index (χ2n) is 3.86. The molecular weight excluding hydrogens is 235 g/mol. The molecule has 0 atom stereocenters. The van der Waals surface area contributed by atoms with E-state index in [0.717, 1.165) is 19.4 Å². The molecule has 3 nitrogen and oxygen atoms in total. The lowest BCUT2D eigenvalue weighted by Gasteiger charge is -2.31. The first-order valence-electron chi connectivity index (χ1n) is 4.88. The zero-order valence-electron chi connectivity index (χ0n) is 8.08. The second kappa shape index (κ2) is 4.56. The first-order valence-corrected chi connectivity index (χ1v) is 5.63. The predicted octanol–water partition coefficient (Wildman–Crippen LogP) is 2.57. The Bertz CT molecular complexity index is 353. The summed E-state index contributed by atoms with van der Waals surface area (Å²) in [6.45, 7) is 0.797. The number of nitrogens with one attached hydrogen (secondary N) is 1. The monoisotopic (exact) mass is 246 g/mol. The van der Waals surface area contributed by atoms with Gasteiger partial charge in [-0.3, -0.25) is 0 Å². The van der Waals surface area contributed by atoms with Crippen LogP contribution in [0.4, 0.5) is 5.82 Å². The van der Waals surface area contributed by atoms with Crippen molar-refractivity contribution in [2.24, 2.45) is 5.92 Å². The van der Waals surface area contributed by atoms with Crippen LogP contribution in [0.5, 0.6) is 0 Å². The number of aromatic nitrogens is 1. The molecule has 0 unspecified atom stereocenters. The van der Waals surface area contributed by atoms with Gasteiger partial charge in [-0.1, -0.05) is 23.2 Å². The van der Waals surface area contributed by atoms with Gasteiger partial charge >= 0.3 is 0 Å². The Labute approximate surface area is 98.4 Å². The van der Waals surface area contributed by atoms with E-state index in [1.807, 2.05) is 0 Å². The third kappa shape index (κ3) is 2.74. The number of aliphatic hydroxyl groups is 1. The molecule has 2 N–H and O–H groups in total. The van der Waals surface area contributed by atoms with E-state index in [1.54, 1.807) is 12.3 Å². The van der Waals surface area contributed by atoms with Crippen LogP contribution in [0.1, 0.15) is 12.8 Å². The molecule has 0 amide bonds. The summed E-state index contributed by atoms with van der Waals surface area (Å²) in [5.41, 5.74) is 0. The minimum Gasteiger partial charge on any atom is -0.393 e. The van der Waals surface area contributed by atoms with Gasteiger partial charge in [0.25, 0.3) is 0 Å². The van der Waals surface area contributed by atoms with Gasteiger partial charge in [0, 0.05) is 12.7 Å². The minimum atomic E-state index is -0.120. The van der Waals surface area contributed by atoms with Crippen LogP contribution in [0.2, 0.25) is 10.0 Å². The Morgan fingerprint density at radius 3 is 2.80 bits per heavy atom. The maximum atomic E-state index is 9.12. The zero-order chi connectivity index (χ0) is 10.8. The maximum Gasteiger partial charge on any atom is 0.144 e. The highest BCUT2D eigenvalue weighted by Crippen LogP contribution is 2.28. The lowest BCUT2D eigenvalue weighted by Crippen LogP contribution is -2.33. The molecule has 1 aliphatic carbocycles. The van der Waals surface area contributed by atoms with Crippen LogP contribution in [0.25, 0.3) is 0 Å². The van der Waals surface area contributed by atoms with E-state index in [0.29, 0.717) is 21.8 Å². The number of anilines is 1. The van der Waals surface area contributed by atoms with Gasteiger partial charge in [0.05, 0.1) is 16.1 Å². The number of aliphatic hydroxyl groups excluding tert-OH is 1. The molecular formula is C10H12Cl2N2O. The molecule has 0 saturated heterocycles. The molecule has 1 heterocycles. The Balaban J connectivity index is 1.88. The minimum absolute atomic E-state index is 0.120. The van der Waals surface area contributed by atoms with Crippen LogP contribution in [0, 0.1) is 5.92 Å². The number of nitrogens with zero attached hydrogens (tertiary/aromatic N) is 1. The number of pyridine rings is 1. The van der Waals surface area contributed by atoms with Gasteiger partial charge in [-0.05, 0) is 24.8 Å². The summed E-state index contributed by atoms with van der Waals surface area (Å²) in [6, 6.07) is 1.66.